The summed E-state index contributed by atoms with van der Waals surface area (Å²) in [6.45, 7) is 12.7. The lowest BCUT2D eigenvalue weighted by molar-refractivity contribution is -0.388. The van der Waals surface area contributed by atoms with Gasteiger partial charge in [-0.25, -0.2) is 0 Å². The Morgan fingerprint density at radius 2 is 1.34 bits per heavy atom. The number of ether oxygens (including phenoxy) is 8. The molecule has 0 aromatic carbocycles. The van der Waals surface area contributed by atoms with Gasteiger partial charge in [-0.3, -0.25) is 0 Å². The minimum atomic E-state index is -1.71. The monoisotopic (exact) mass is 868 g/mol. The van der Waals surface area contributed by atoms with E-state index in [1.807, 2.05) is 0 Å². The molecule has 0 aromatic heterocycles. The molecule has 61 heavy (non-hydrogen) atoms. The van der Waals surface area contributed by atoms with Gasteiger partial charge in [0, 0.05) is 12.3 Å². The molecule has 8 fully saturated rings. The Hall–Kier alpha value is -0.900. The maximum Gasteiger partial charge on any atom is 0.187 e. The zero-order valence-corrected chi connectivity index (χ0v) is 36.5. The molecule has 1 spiro atoms. The van der Waals surface area contributed by atoms with Crippen molar-refractivity contribution < 1.29 is 78.7 Å². The predicted octanol–water partition coefficient (Wildman–Crippen LogP) is 1.24. The van der Waals surface area contributed by atoms with Crippen molar-refractivity contribution in [3.05, 3.63) is 11.6 Å². The third-order valence-corrected chi connectivity index (χ3v) is 17.6. The summed E-state index contributed by atoms with van der Waals surface area (Å²) in [6, 6.07) is 0. The first kappa shape index (κ1) is 45.3. The zero-order chi connectivity index (χ0) is 43.5. The normalized spacial score (nSPS) is 58.4. The summed E-state index contributed by atoms with van der Waals surface area (Å²) >= 11 is 0. The van der Waals surface area contributed by atoms with Gasteiger partial charge in [-0.15, -0.1) is 0 Å². The fraction of sp³-hybridized carbons (Fsp3) is 0.956. The quantitative estimate of drug-likeness (QED) is 0.168. The molecular formula is C45H72O16. The van der Waals surface area contributed by atoms with Crippen molar-refractivity contribution in [2.45, 2.75) is 209 Å². The first-order valence-corrected chi connectivity index (χ1v) is 23.2. The van der Waals surface area contributed by atoms with Crippen LogP contribution >= 0.6 is 0 Å². The number of aliphatic hydroxyl groups excluding tert-OH is 8. The molecule has 348 valence electrons. The second-order valence-electron chi connectivity index (χ2n) is 21.1. The van der Waals surface area contributed by atoms with E-state index in [1.165, 1.54) is 25.8 Å². The Morgan fingerprint density at radius 1 is 0.689 bits per heavy atom. The SMILES string of the molecule is C[C@@H]1CC[C@@]2(OC1)O[C@H]1C[C@H]3[C@@H]4CC=C5C[C@@H](O[C@@H]6O[C@H](CO)[C@@H](O[C@H]7O[C@@H](C)[C@H](O)[C@@H](O)[C@H]7O)[C@H](O)[C@H]6O[C@H]6O[C@@H](C)[C@H](O)[C@@H](O)[C@H]6O)CC[C@]5(C)[C@H]4CC[C@]3(C)[C@H]1[C@@H]2C. The van der Waals surface area contributed by atoms with E-state index >= 15 is 0 Å². The molecule has 9 rings (SSSR count). The van der Waals surface area contributed by atoms with Crippen LogP contribution in [0.2, 0.25) is 0 Å². The fourth-order valence-corrected chi connectivity index (χ4v) is 14.0. The Labute approximate surface area is 358 Å². The molecule has 26 atom stereocenters. The molecule has 0 aromatic rings. The fourth-order valence-electron chi connectivity index (χ4n) is 14.0. The number of fused-ring (bicyclic) bond motifs is 7. The first-order valence-electron chi connectivity index (χ1n) is 23.2. The average molecular weight is 869 g/mol. The first-order chi connectivity index (χ1) is 28.9. The van der Waals surface area contributed by atoms with E-state index in [0.717, 1.165) is 45.1 Å². The van der Waals surface area contributed by atoms with E-state index < -0.39 is 105 Å². The molecule has 16 heteroatoms. The molecule has 16 nitrogen and oxygen atoms in total. The standard InChI is InChI=1S/C45H72O16/c1-19-9-14-45(54-18-19)20(2)30-28(61-45)16-27-25-8-7-23-15-24(10-12-43(23,5)26(25)11-13-44(27,30)6)57-42-39(60-41-36(52)34(50)32(48)22(4)56-41)37(53)38(29(17-46)58-42)59-40-35(51)33(49)31(47)21(3)55-40/h7,19-22,24-42,46-53H,8-18H2,1-6H3/t19-,20+,21+,22+,24+,25-,26+,27+,28+,29-,30+,31+,32+,33-,34-,35-,36-,37+,38-,39-,40-,41-,42-,43+,44+,45-/m1/s1. The summed E-state index contributed by atoms with van der Waals surface area (Å²) in [5, 5.41) is 85.9. The Bertz CT molecular complexity index is 1590. The van der Waals surface area contributed by atoms with Crippen molar-refractivity contribution >= 4 is 0 Å². The van der Waals surface area contributed by atoms with Gasteiger partial charge in [0.1, 0.15) is 61.0 Å². The molecule has 8 N–H and O–H groups in total. The van der Waals surface area contributed by atoms with E-state index in [0.29, 0.717) is 48.3 Å². The summed E-state index contributed by atoms with van der Waals surface area (Å²) in [6.07, 6.45) is -10.4. The van der Waals surface area contributed by atoms with E-state index in [1.54, 1.807) is 0 Å². The van der Waals surface area contributed by atoms with Crippen molar-refractivity contribution in [3.8, 4) is 0 Å². The van der Waals surface area contributed by atoms with Gasteiger partial charge < -0.3 is 78.7 Å². The van der Waals surface area contributed by atoms with Crippen LogP contribution in [0, 0.1) is 46.3 Å². The molecule has 4 aliphatic carbocycles. The van der Waals surface area contributed by atoms with E-state index in [9.17, 15) is 40.9 Å². The summed E-state index contributed by atoms with van der Waals surface area (Å²) in [4.78, 5) is 0. The summed E-state index contributed by atoms with van der Waals surface area (Å²) in [7, 11) is 0. The van der Waals surface area contributed by atoms with E-state index in [2.05, 4.69) is 33.8 Å². The average Bonchev–Trinajstić information content (AvgIpc) is 3.69. The highest BCUT2D eigenvalue weighted by atomic mass is 16.8. The lowest BCUT2D eigenvalue weighted by Gasteiger charge is -2.58. The molecule has 0 bridgehead atoms. The number of allylic oxidation sites excluding steroid dienone is 1. The van der Waals surface area contributed by atoms with Gasteiger partial charge >= 0.3 is 0 Å². The van der Waals surface area contributed by atoms with Crippen LogP contribution in [0.1, 0.15) is 99.3 Å². The van der Waals surface area contributed by atoms with Crippen LogP contribution < -0.4 is 0 Å². The maximum atomic E-state index is 12.0. The summed E-state index contributed by atoms with van der Waals surface area (Å²) in [5.41, 5.74) is 1.53. The van der Waals surface area contributed by atoms with Crippen LogP contribution in [-0.2, 0) is 37.9 Å². The van der Waals surface area contributed by atoms with Gasteiger partial charge in [-0.1, -0.05) is 39.3 Å². The second kappa shape index (κ2) is 16.8. The third-order valence-electron chi connectivity index (χ3n) is 17.6. The Morgan fingerprint density at radius 3 is 1.97 bits per heavy atom. The minimum Gasteiger partial charge on any atom is -0.394 e. The van der Waals surface area contributed by atoms with Crippen LogP contribution in [0.15, 0.2) is 11.6 Å². The van der Waals surface area contributed by atoms with Gasteiger partial charge in [0.15, 0.2) is 24.7 Å². The smallest absolute Gasteiger partial charge is 0.187 e. The van der Waals surface area contributed by atoms with Crippen LogP contribution in [0.3, 0.4) is 0 Å². The van der Waals surface area contributed by atoms with Gasteiger partial charge in [0.05, 0.1) is 37.6 Å². The summed E-state index contributed by atoms with van der Waals surface area (Å²) < 4.78 is 50.1. The van der Waals surface area contributed by atoms with Crippen LogP contribution in [0.4, 0.5) is 0 Å². The van der Waals surface area contributed by atoms with E-state index in [4.69, 9.17) is 37.9 Å². The minimum absolute atomic E-state index is 0.0171. The molecule has 0 amide bonds. The summed E-state index contributed by atoms with van der Waals surface area (Å²) in [5.74, 6) is 2.64. The number of rotatable bonds is 7. The van der Waals surface area contributed by atoms with Gasteiger partial charge in [-0.2, -0.15) is 0 Å². The Balaban J connectivity index is 0.916. The maximum absolute atomic E-state index is 12.0. The topological polar surface area (TPSA) is 236 Å². The molecule has 5 aliphatic heterocycles. The van der Waals surface area contributed by atoms with Gasteiger partial charge in [0.25, 0.3) is 0 Å². The zero-order valence-electron chi connectivity index (χ0n) is 36.5. The highest BCUT2D eigenvalue weighted by molar-refractivity contribution is 5.26. The Kier molecular flexibility index (Phi) is 12.4. The highest BCUT2D eigenvalue weighted by Gasteiger charge is 2.69. The van der Waals surface area contributed by atoms with Crippen LogP contribution in [0.5, 0.6) is 0 Å². The number of hydrogen-bond donors (Lipinski definition) is 8. The van der Waals surface area contributed by atoms with Crippen LogP contribution in [0.25, 0.3) is 0 Å². The molecule has 0 radical (unpaired) electrons. The van der Waals surface area contributed by atoms with E-state index in [-0.39, 0.29) is 23.0 Å². The molecule has 5 heterocycles. The number of aliphatic hydroxyl groups is 8. The third kappa shape index (κ3) is 7.42. The van der Waals surface area contributed by atoms with Gasteiger partial charge in [-0.05, 0) is 106 Å². The van der Waals surface area contributed by atoms with Gasteiger partial charge in [0.2, 0.25) is 0 Å². The second-order valence-corrected chi connectivity index (χ2v) is 21.1. The molecule has 9 aliphatic rings. The molecule has 5 saturated heterocycles. The largest absolute Gasteiger partial charge is 0.394 e. The van der Waals surface area contributed by atoms with Crippen molar-refractivity contribution in [1.82, 2.24) is 0 Å². The van der Waals surface area contributed by atoms with Crippen molar-refractivity contribution in [2.75, 3.05) is 13.2 Å². The molecule has 0 unspecified atom stereocenters. The van der Waals surface area contributed by atoms with Crippen molar-refractivity contribution in [3.63, 3.8) is 0 Å². The molecule has 3 saturated carbocycles. The van der Waals surface area contributed by atoms with Crippen LogP contribution in [-0.4, -0.2) is 164 Å². The predicted molar refractivity (Wildman–Crippen MR) is 213 cm³/mol. The van der Waals surface area contributed by atoms with Crippen molar-refractivity contribution in [2.24, 2.45) is 46.3 Å². The lowest BCUT2D eigenvalue weighted by Crippen LogP contribution is -2.66. The molecular weight excluding hydrogens is 796 g/mol. The highest BCUT2D eigenvalue weighted by Crippen LogP contribution is 2.70. The van der Waals surface area contributed by atoms with Crippen molar-refractivity contribution in [1.29, 1.82) is 0 Å². The lowest BCUT2D eigenvalue weighted by atomic mass is 9.47. The number of hydrogen-bond acceptors (Lipinski definition) is 16.